The fourth-order valence-corrected chi connectivity index (χ4v) is 3.59. The van der Waals surface area contributed by atoms with E-state index < -0.39 is 0 Å². The maximum absolute atomic E-state index is 13.3. The van der Waals surface area contributed by atoms with E-state index in [0.29, 0.717) is 5.41 Å². The van der Waals surface area contributed by atoms with Gasteiger partial charge in [-0.1, -0.05) is 38.4 Å². The van der Waals surface area contributed by atoms with Gasteiger partial charge in [0, 0.05) is 5.71 Å². The largest absolute Gasteiger partial charge is 0.283 e. The maximum Gasteiger partial charge on any atom is 0.141 e. The summed E-state index contributed by atoms with van der Waals surface area (Å²) in [5, 5.41) is 0.161. The van der Waals surface area contributed by atoms with Gasteiger partial charge >= 0.3 is 0 Å². The Hall–Kier alpha value is -0.890. The van der Waals surface area contributed by atoms with Crippen molar-refractivity contribution in [1.82, 2.24) is 0 Å². The van der Waals surface area contributed by atoms with Gasteiger partial charge in [-0.2, -0.15) is 0 Å². The molecule has 1 nitrogen and oxygen atoms in total. The Labute approximate surface area is 139 Å². The SMILES string of the molecule is CC(=NC1(C)CCC(C(C)(C)C)CC1)c1ccc(F)c(Cl)c1. The lowest BCUT2D eigenvalue weighted by Gasteiger charge is -2.40. The second kappa shape index (κ2) is 6.31. The average Bonchev–Trinajstić information content (AvgIpc) is 2.40. The molecule has 0 spiro atoms. The normalized spacial score (nSPS) is 27.0. The first-order valence-electron chi connectivity index (χ1n) is 8.13. The lowest BCUT2D eigenvalue weighted by molar-refractivity contribution is 0.142. The molecule has 0 atom stereocenters. The van der Waals surface area contributed by atoms with Crippen molar-refractivity contribution < 1.29 is 4.39 Å². The van der Waals surface area contributed by atoms with Crippen molar-refractivity contribution in [2.75, 3.05) is 0 Å². The van der Waals surface area contributed by atoms with Crippen molar-refractivity contribution in [2.24, 2.45) is 16.3 Å². The molecule has 1 aliphatic carbocycles. The summed E-state index contributed by atoms with van der Waals surface area (Å²) in [5.74, 6) is 0.395. The van der Waals surface area contributed by atoms with E-state index in [-0.39, 0.29) is 16.4 Å². The molecule has 2 rings (SSSR count). The van der Waals surface area contributed by atoms with Gasteiger partial charge in [0.05, 0.1) is 10.6 Å². The number of hydrogen-bond donors (Lipinski definition) is 0. The fraction of sp³-hybridized carbons (Fsp3) is 0.632. The Bertz CT molecular complexity index is 563. The quantitative estimate of drug-likeness (QED) is 0.568. The van der Waals surface area contributed by atoms with E-state index in [1.165, 1.54) is 18.9 Å². The van der Waals surface area contributed by atoms with Crippen LogP contribution in [0.2, 0.25) is 5.02 Å². The van der Waals surface area contributed by atoms with Crippen LogP contribution in [0, 0.1) is 17.2 Å². The molecule has 0 saturated heterocycles. The van der Waals surface area contributed by atoms with Gasteiger partial charge in [-0.3, -0.25) is 4.99 Å². The van der Waals surface area contributed by atoms with E-state index in [4.69, 9.17) is 16.6 Å². The number of rotatable bonds is 2. The van der Waals surface area contributed by atoms with E-state index in [1.54, 1.807) is 12.1 Å². The van der Waals surface area contributed by atoms with Crippen LogP contribution in [0.25, 0.3) is 0 Å². The number of benzene rings is 1. The third-order valence-electron chi connectivity index (χ3n) is 5.06. The first kappa shape index (κ1) is 17.5. The average molecular weight is 324 g/mol. The predicted molar refractivity (Wildman–Crippen MR) is 93.4 cm³/mol. The van der Waals surface area contributed by atoms with Crippen LogP contribution in [0.4, 0.5) is 4.39 Å². The molecule has 3 heteroatoms. The van der Waals surface area contributed by atoms with Gasteiger partial charge < -0.3 is 0 Å². The van der Waals surface area contributed by atoms with Gasteiger partial charge in [-0.25, -0.2) is 4.39 Å². The highest BCUT2D eigenvalue weighted by atomic mass is 35.5. The molecule has 1 fully saturated rings. The van der Waals surface area contributed by atoms with Gasteiger partial charge in [0.1, 0.15) is 5.82 Å². The third kappa shape index (κ3) is 4.10. The second-order valence-corrected chi connectivity index (χ2v) is 8.37. The molecule has 1 aromatic rings. The highest BCUT2D eigenvalue weighted by Crippen LogP contribution is 2.42. The minimum Gasteiger partial charge on any atom is -0.283 e. The molecule has 22 heavy (non-hydrogen) atoms. The van der Waals surface area contributed by atoms with Crippen LogP contribution in [-0.4, -0.2) is 11.3 Å². The number of hydrogen-bond acceptors (Lipinski definition) is 1. The molecule has 122 valence electrons. The zero-order valence-electron chi connectivity index (χ0n) is 14.3. The molecule has 0 radical (unpaired) electrons. The molecule has 0 aromatic heterocycles. The summed E-state index contributed by atoms with van der Waals surface area (Å²) in [6.07, 6.45) is 4.67. The highest BCUT2D eigenvalue weighted by Gasteiger charge is 2.35. The summed E-state index contributed by atoms with van der Waals surface area (Å²) in [4.78, 5) is 4.96. The van der Waals surface area contributed by atoms with Crippen molar-refractivity contribution in [3.8, 4) is 0 Å². The minimum absolute atomic E-state index is 0.00725. The molecule has 0 amide bonds. The van der Waals surface area contributed by atoms with Crippen molar-refractivity contribution in [1.29, 1.82) is 0 Å². The summed E-state index contributed by atoms with van der Waals surface area (Å²) in [7, 11) is 0. The van der Waals surface area contributed by atoms with Gasteiger partial charge in [-0.05, 0) is 68.6 Å². The Morgan fingerprint density at radius 3 is 2.36 bits per heavy atom. The van der Waals surface area contributed by atoms with Crippen LogP contribution >= 0.6 is 11.6 Å². The van der Waals surface area contributed by atoms with Crippen molar-refractivity contribution >= 4 is 17.3 Å². The van der Waals surface area contributed by atoms with Gasteiger partial charge in [0.15, 0.2) is 0 Å². The molecule has 1 aliphatic rings. The zero-order chi connectivity index (χ0) is 16.5. The molecule has 0 bridgehead atoms. The Balaban J connectivity index is 2.13. The summed E-state index contributed by atoms with van der Waals surface area (Å²) in [6.45, 7) is 11.2. The van der Waals surface area contributed by atoms with Crippen LogP contribution in [-0.2, 0) is 0 Å². The number of aliphatic imine (C=N–C) groups is 1. The highest BCUT2D eigenvalue weighted by molar-refractivity contribution is 6.31. The predicted octanol–water partition coefficient (Wildman–Crippen LogP) is 6.28. The first-order valence-corrected chi connectivity index (χ1v) is 8.50. The number of nitrogens with zero attached hydrogens (tertiary/aromatic N) is 1. The molecule has 0 unspecified atom stereocenters. The van der Waals surface area contributed by atoms with Gasteiger partial charge in [0.25, 0.3) is 0 Å². The van der Waals surface area contributed by atoms with E-state index >= 15 is 0 Å². The van der Waals surface area contributed by atoms with E-state index in [0.717, 1.165) is 30.0 Å². The van der Waals surface area contributed by atoms with Crippen LogP contribution in [0.15, 0.2) is 23.2 Å². The zero-order valence-corrected chi connectivity index (χ0v) is 15.1. The molecule has 1 aromatic carbocycles. The Morgan fingerprint density at radius 1 is 1.27 bits per heavy atom. The van der Waals surface area contributed by atoms with Crippen LogP contribution in [0.1, 0.15) is 65.9 Å². The Morgan fingerprint density at radius 2 is 1.86 bits per heavy atom. The molecule has 0 aliphatic heterocycles. The smallest absolute Gasteiger partial charge is 0.141 e. The van der Waals surface area contributed by atoms with Gasteiger partial charge in [-0.15, -0.1) is 0 Å². The Kier molecular flexibility index (Phi) is 5.01. The minimum atomic E-state index is -0.380. The third-order valence-corrected chi connectivity index (χ3v) is 5.35. The molecule has 0 heterocycles. The first-order chi connectivity index (χ1) is 10.1. The summed E-state index contributed by atoms with van der Waals surface area (Å²) < 4.78 is 13.3. The second-order valence-electron chi connectivity index (χ2n) is 7.96. The van der Waals surface area contributed by atoms with E-state index in [1.807, 2.05) is 6.92 Å². The van der Waals surface area contributed by atoms with Crippen LogP contribution in [0.5, 0.6) is 0 Å². The molecular weight excluding hydrogens is 297 g/mol. The van der Waals surface area contributed by atoms with Crippen LogP contribution in [0.3, 0.4) is 0 Å². The fourth-order valence-electron chi connectivity index (χ4n) is 3.41. The lowest BCUT2D eigenvalue weighted by atomic mass is 9.68. The lowest BCUT2D eigenvalue weighted by Crippen LogP contribution is -2.34. The molecule has 0 N–H and O–H groups in total. The number of halogens is 2. The molecule has 1 saturated carbocycles. The standard InChI is InChI=1S/C19H27ClFN/c1-13(14-6-7-17(21)16(20)12-14)22-19(5)10-8-15(9-11-19)18(2,3)4/h6-7,12,15H,8-11H2,1-5H3. The monoisotopic (exact) mass is 323 g/mol. The van der Waals surface area contributed by atoms with Crippen molar-refractivity contribution in [3.63, 3.8) is 0 Å². The summed E-state index contributed by atoms with van der Waals surface area (Å²) in [6, 6.07) is 4.83. The maximum atomic E-state index is 13.3. The van der Waals surface area contributed by atoms with Gasteiger partial charge in [0.2, 0.25) is 0 Å². The van der Waals surface area contributed by atoms with Crippen LogP contribution < -0.4 is 0 Å². The van der Waals surface area contributed by atoms with E-state index in [9.17, 15) is 4.39 Å². The summed E-state index contributed by atoms with van der Waals surface area (Å²) in [5.41, 5.74) is 2.22. The topological polar surface area (TPSA) is 12.4 Å². The molecular formula is C19H27ClFN. The van der Waals surface area contributed by atoms with E-state index in [2.05, 4.69) is 27.7 Å². The van der Waals surface area contributed by atoms with Crippen molar-refractivity contribution in [3.05, 3.63) is 34.6 Å². The summed E-state index contributed by atoms with van der Waals surface area (Å²) >= 11 is 5.87. The van der Waals surface area contributed by atoms with Crippen molar-refractivity contribution in [2.45, 2.75) is 65.8 Å².